The number of aromatic nitrogens is 3. The fourth-order valence-electron chi connectivity index (χ4n) is 2.48. The number of rotatable bonds is 3. The molecule has 0 aliphatic carbocycles. The van der Waals surface area contributed by atoms with Gasteiger partial charge in [-0.2, -0.15) is 0 Å². The standard InChI is InChI=1S/C11H12IN7O3/c12-4-2-19(10-6(4)9(13)15-3-16-10)11-8(21)7(20)5(22-11)1-17-18-14/h2-3,5,7-8,11,20-21H,1H2,(H2,13,15,16)/t5-,7-,8-,11-/m1/s1. The number of fused-ring (bicyclic) bond motifs is 1. The Morgan fingerprint density at radius 3 is 2.95 bits per heavy atom. The molecule has 1 saturated heterocycles. The maximum absolute atomic E-state index is 10.2. The second-order valence-electron chi connectivity index (χ2n) is 4.80. The molecule has 0 unspecified atom stereocenters. The Labute approximate surface area is 137 Å². The van der Waals surface area contributed by atoms with Gasteiger partial charge in [-0.1, -0.05) is 5.11 Å². The number of nitrogens with zero attached hydrogens (tertiary/aromatic N) is 6. The molecule has 11 heteroatoms. The fraction of sp³-hybridized carbons (Fsp3) is 0.455. The van der Waals surface area contributed by atoms with Gasteiger partial charge in [-0.3, -0.25) is 0 Å². The molecule has 2 aromatic heterocycles. The lowest BCUT2D eigenvalue weighted by atomic mass is 10.1. The summed E-state index contributed by atoms with van der Waals surface area (Å²) in [5.41, 5.74) is 14.7. The van der Waals surface area contributed by atoms with Crippen LogP contribution in [0.4, 0.5) is 5.82 Å². The van der Waals surface area contributed by atoms with Crippen molar-refractivity contribution >= 4 is 39.4 Å². The molecule has 0 radical (unpaired) electrons. The maximum Gasteiger partial charge on any atom is 0.164 e. The van der Waals surface area contributed by atoms with Crippen LogP contribution in [0.1, 0.15) is 6.23 Å². The number of hydrogen-bond donors (Lipinski definition) is 3. The van der Waals surface area contributed by atoms with Crippen molar-refractivity contribution in [2.75, 3.05) is 12.3 Å². The monoisotopic (exact) mass is 417 g/mol. The molecule has 3 rings (SSSR count). The minimum Gasteiger partial charge on any atom is -0.388 e. The van der Waals surface area contributed by atoms with Crippen LogP contribution in [-0.4, -0.2) is 49.6 Å². The topological polar surface area (TPSA) is 155 Å². The second kappa shape index (κ2) is 5.85. The zero-order valence-electron chi connectivity index (χ0n) is 11.1. The van der Waals surface area contributed by atoms with Crippen molar-refractivity contribution in [3.63, 3.8) is 0 Å². The van der Waals surface area contributed by atoms with E-state index in [1.165, 1.54) is 6.33 Å². The van der Waals surface area contributed by atoms with Gasteiger partial charge in [0.1, 0.15) is 30.0 Å². The third kappa shape index (κ3) is 2.36. The van der Waals surface area contributed by atoms with Crippen LogP contribution in [0.2, 0.25) is 0 Å². The molecular weight excluding hydrogens is 405 g/mol. The molecule has 116 valence electrons. The number of aliphatic hydroxyl groups excluding tert-OH is 2. The van der Waals surface area contributed by atoms with E-state index in [4.69, 9.17) is 16.0 Å². The van der Waals surface area contributed by atoms with E-state index in [2.05, 4.69) is 42.6 Å². The molecule has 3 heterocycles. The summed E-state index contributed by atoms with van der Waals surface area (Å²) in [6.45, 7) is -0.0708. The van der Waals surface area contributed by atoms with Crippen LogP contribution < -0.4 is 5.73 Å². The van der Waals surface area contributed by atoms with E-state index in [1.54, 1.807) is 10.8 Å². The van der Waals surface area contributed by atoms with E-state index < -0.39 is 24.5 Å². The van der Waals surface area contributed by atoms with Gasteiger partial charge in [0.25, 0.3) is 0 Å². The van der Waals surface area contributed by atoms with Crippen molar-refractivity contribution in [2.24, 2.45) is 5.11 Å². The highest BCUT2D eigenvalue weighted by atomic mass is 127. The largest absolute Gasteiger partial charge is 0.388 e. The molecule has 0 saturated carbocycles. The second-order valence-corrected chi connectivity index (χ2v) is 5.96. The average Bonchev–Trinajstić information content (AvgIpc) is 2.97. The highest BCUT2D eigenvalue weighted by molar-refractivity contribution is 14.1. The van der Waals surface area contributed by atoms with Crippen LogP contribution in [0.5, 0.6) is 0 Å². The molecule has 4 N–H and O–H groups in total. The van der Waals surface area contributed by atoms with Gasteiger partial charge in [0.2, 0.25) is 0 Å². The summed E-state index contributed by atoms with van der Waals surface area (Å²) >= 11 is 2.08. The number of hydrogen-bond acceptors (Lipinski definition) is 7. The Balaban J connectivity index is 2.01. The minimum absolute atomic E-state index is 0.0708. The highest BCUT2D eigenvalue weighted by Crippen LogP contribution is 2.35. The summed E-state index contributed by atoms with van der Waals surface area (Å²) in [4.78, 5) is 10.7. The Bertz CT molecular complexity index is 759. The summed E-state index contributed by atoms with van der Waals surface area (Å²) in [6.07, 6.45) is -0.947. The number of aliphatic hydroxyl groups is 2. The zero-order chi connectivity index (χ0) is 15.9. The van der Waals surface area contributed by atoms with Crippen molar-refractivity contribution in [1.82, 2.24) is 14.5 Å². The van der Waals surface area contributed by atoms with E-state index in [-0.39, 0.29) is 6.54 Å². The SMILES string of the molecule is [N-]=[N+]=NC[C@H]1O[C@@H](n2cc(I)c3c(N)ncnc32)[C@H](O)[C@@H]1O. The summed E-state index contributed by atoms with van der Waals surface area (Å²) in [5, 5.41) is 24.3. The van der Waals surface area contributed by atoms with E-state index in [0.717, 1.165) is 3.57 Å². The summed E-state index contributed by atoms with van der Waals surface area (Å²) in [7, 11) is 0. The number of azide groups is 1. The Hall–Kier alpha value is -1.66. The molecule has 1 aliphatic rings. The average molecular weight is 417 g/mol. The van der Waals surface area contributed by atoms with E-state index in [1.807, 2.05) is 0 Å². The van der Waals surface area contributed by atoms with Crippen LogP contribution >= 0.6 is 22.6 Å². The normalized spacial score (nSPS) is 28.0. The molecule has 2 aromatic rings. The van der Waals surface area contributed by atoms with E-state index in [0.29, 0.717) is 16.9 Å². The number of nitrogens with two attached hydrogens (primary N) is 1. The van der Waals surface area contributed by atoms with Crippen LogP contribution in [0.25, 0.3) is 21.5 Å². The quantitative estimate of drug-likeness (QED) is 0.287. The molecular formula is C11H12IN7O3. The van der Waals surface area contributed by atoms with Gasteiger partial charge in [-0.25, -0.2) is 9.97 Å². The molecule has 0 amide bonds. The zero-order valence-corrected chi connectivity index (χ0v) is 13.3. The van der Waals surface area contributed by atoms with Gasteiger partial charge >= 0.3 is 0 Å². The van der Waals surface area contributed by atoms with Crippen LogP contribution in [0.3, 0.4) is 0 Å². The predicted octanol–water partition coefficient (Wildman–Crippen LogP) is 0.548. The Morgan fingerprint density at radius 1 is 1.45 bits per heavy atom. The molecule has 0 bridgehead atoms. The molecule has 1 aliphatic heterocycles. The first kappa shape index (κ1) is 15.2. The number of halogens is 1. The predicted molar refractivity (Wildman–Crippen MR) is 84.6 cm³/mol. The molecule has 1 fully saturated rings. The molecule has 4 atom stereocenters. The first-order valence-corrected chi connectivity index (χ1v) is 7.41. The minimum atomic E-state index is -1.18. The lowest BCUT2D eigenvalue weighted by molar-refractivity contribution is -0.0319. The molecule has 0 spiro atoms. The highest BCUT2D eigenvalue weighted by Gasteiger charge is 2.43. The Kier molecular flexibility index (Phi) is 4.06. The van der Waals surface area contributed by atoms with Crippen molar-refractivity contribution in [3.8, 4) is 0 Å². The summed E-state index contributed by atoms with van der Waals surface area (Å²) in [5.74, 6) is 0.326. The summed E-state index contributed by atoms with van der Waals surface area (Å²) < 4.78 is 8.03. The van der Waals surface area contributed by atoms with Crippen LogP contribution in [0.15, 0.2) is 17.6 Å². The third-order valence-electron chi connectivity index (χ3n) is 3.53. The third-order valence-corrected chi connectivity index (χ3v) is 4.35. The van der Waals surface area contributed by atoms with Crippen molar-refractivity contribution in [1.29, 1.82) is 0 Å². The Morgan fingerprint density at radius 2 is 2.23 bits per heavy atom. The first-order valence-electron chi connectivity index (χ1n) is 6.33. The summed E-state index contributed by atoms with van der Waals surface area (Å²) in [6, 6.07) is 0. The molecule has 22 heavy (non-hydrogen) atoms. The number of anilines is 1. The fourth-order valence-corrected chi connectivity index (χ4v) is 3.30. The first-order chi connectivity index (χ1) is 10.5. The molecule has 10 nitrogen and oxygen atoms in total. The van der Waals surface area contributed by atoms with Gasteiger partial charge in [0.15, 0.2) is 6.23 Å². The molecule has 0 aromatic carbocycles. The van der Waals surface area contributed by atoms with Crippen LogP contribution in [-0.2, 0) is 4.74 Å². The van der Waals surface area contributed by atoms with Gasteiger partial charge in [0, 0.05) is 14.7 Å². The number of nitrogen functional groups attached to an aromatic ring is 1. The van der Waals surface area contributed by atoms with E-state index >= 15 is 0 Å². The van der Waals surface area contributed by atoms with Gasteiger partial charge < -0.3 is 25.3 Å². The smallest absolute Gasteiger partial charge is 0.164 e. The lowest BCUT2D eigenvalue weighted by Gasteiger charge is -2.17. The van der Waals surface area contributed by atoms with Gasteiger partial charge in [0.05, 0.1) is 18.0 Å². The van der Waals surface area contributed by atoms with E-state index in [9.17, 15) is 10.2 Å². The van der Waals surface area contributed by atoms with Crippen molar-refractivity contribution in [3.05, 3.63) is 26.5 Å². The number of ether oxygens (including phenoxy) is 1. The van der Waals surface area contributed by atoms with Gasteiger partial charge in [-0.05, 0) is 28.1 Å². The lowest BCUT2D eigenvalue weighted by Crippen LogP contribution is -2.32. The van der Waals surface area contributed by atoms with Crippen LogP contribution in [0, 0.1) is 3.57 Å². The van der Waals surface area contributed by atoms with Crippen molar-refractivity contribution < 1.29 is 14.9 Å². The van der Waals surface area contributed by atoms with Gasteiger partial charge in [-0.15, -0.1) is 0 Å². The van der Waals surface area contributed by atoms with Crippen molar-refractivity contribution in [2.45, 2.75) is 24.5 Å². The maximum atomic E-state index is 10.2.